The summed E-state index contributed by atoms with van der Waals surface area (Å²) in [4.78, 5) is 13.4. The molecular formula is C11H13BrN2O2. The van der Waals surface area contributed by atoms with E-state index in [-0.39, 0.29) is 6.03 Å². The third-order valence-corrected chi connectivity index (χ3v) is 3.15. The molecule has 0 unspecified atom stereocenters. The lowest BCUT2D eigenvalue weighted by molar-refractivity contribution is 0.243. The van der Waals surface area contributed by atoms with Gasteiger partial charge in [0.1, 0.15) is 5.75 Å². The first kappa shape index (κ1) is 11.3. The van der Waals surface area contributed by atoms with E-state index in [0.29, 0.717) is 0 Å². The maximum absolute atomic E-state index is 11.6. The zero-order valence-corrected chi connectivity index (χ0v) is 10.6. The van der Waals surface area contributed by atoms with Gasteiger partial charge in [-0.05, 0) is 40.5 Å². The molecule has 0 spiro atoms. The number of ether oxygens (including phenoxy) is 1. The Hall–Kier alpha value is -1.23. The molecule has 1 aromatic carbocycles. The number of urea groups is 1. The minimum absolute atomic E-state index is 0.0386. The molecule has 0 bridgehead atoms. The maximum atomic E-state index is 11.6. The molecule has 2 amide bonds. The average molecular weight is 285 g/mol. The standard InChI is InChI=1S/C11H13BrN2O2/c1-16-10-4-3-8(7-9(10)12)14-6-2-5-13-11(14)15/h3-4,7H,2,5-6H2,1H3,(H,13,15). The number of methoxy groups -OCH3 is 1. The molecule has 1 heterocycles. The number of rotatable bonds is 2. The minimum Gasteiger partial charge on any atom is -0.496 e. The molecule has 1 aromatic rings. The van der Waals surface area contributed by atoms with Crippen molar-refractivity contribution >= 4 is 27.6 Å². The summed E-state index contributed by atoms with van der Waals surface area (Å²) in [5.74, 6) is 0.765. The summed E-state index contributed by atoms with van der Waals surface area (Å²) in [6, 6.07) is 5.59. The molecule has 0 saturated carbocycles. The number of carbonyl (C=O) groups excluding carboxylic acids is 1. The van der Waals surface area contributed by atoms with E-state index in [4.69, 9.17) is 4.74 Å². The molecule has 5 heteroatoms. The van der Waals surface area contributed by atoms with Crippen LogP contribution in [0.2, 0.25) is 0 Å². The Bertz CT molecular complexity index is 409. The van der Waals surface area contributed by atoms with Crippen LogP contribution in [0.1, 0.15) is 6.42 Å². The van der Waals surface area contributed by atoms with Gasteiger partial charge in [-0.1, -0.05) is 0 Å². The number of nitrogens with one attached hydrogen (secondary N) is 1. The first-order valence-electron chi connectivity index (χ1n) is 5.11. The van der Waals surface area contributed by atoms with Gasteiger partial charge in [0.25, 0.3) is 0 Å². The zero-order valence-electron chi connectivity index (χ0n) is 9.00. The normalized spacial score (nSPS) is 15.9. The first-order chi connectivity index (χ1) is 7.72. The Balaban J connectivity index is 2.26. The van der Waals surface area contributed by atoms with E-state index in [1.807, 2.05) is 18.2 Å². The Kier molecular flexibility index (Phi) is 3.33. The number of amides is 2. The third-order valence-electron chi connectivity index (χ3n) is 2.53. The highest BCUT2D eigenvalue weighted by Crippen LogP contribution is 2.30. The van der Waals surface area contributed by atoms with Crippen LogP contribution in [0.15, 0.2) is 22.7 Å². The second-order valence-electron chi connectivity index (χ2n) is 3.56. The number of hydrogen-bond acceptors (Lipinski definition) is 2. The fraction of sp³-hybridized carbons (Fsp3) is 0.364. The van der Waals surface area contributed by atoms with E-state index < -0.39 is 0 Å². The smallest absolute Gasteiger partial charge is 0.321 e. The fourth-order valence-electron chi connectivity index (χ4n) is 1.70. The van der Waals surface area contributed by atoms with Crippen LogP contribution in [-0.2, 0) is 0 Å². The van der Waals surface area contributed by atoms with Crippen molar-refractivity contribution < 1.29 is 9.53 Å². The molecule has 0 aromatic heterocycles. The number of anilines is 1. The van der Waals surface area contributed by atoms with Crippen LogP contribution in [0, 0.1) is 0 Å². The van der Waals surface area contributed by atoms with Gasteiger partial charge >= 0.3 is 6.03 Å². The van der Waals surface area contributed by atoms with E-state index >= 15 is 0 Å². The van der Waals surface area contributed by atoms with E-state index in [0.717, 1.165) is 35.4 Å². The maximum Gasteiger partial charge on any atom is 0.321 e. The van der Waals surface area contributed by atoms with Crippen LogP contribution >= 0.6 is 15.9 Å². The van der Waals surface area contributed by atoms with Gasteiger partial charge in [0.2, 0.25) is 0 Å². The highest BCUT2D eigenvalue weighted by molar-refractivity contribution is 9.10. The first-order valence-corrected chi connectivity index (χ1v) is 5.90. The van der Waals surface area contributed by atoms with Gasteiger partial charge < -0.3 is 10.1 Å². The number of halogens is 1. The lowest BCUT2D eigenvalue weighted by Gasteiger charge is -2.27. The zero-order chi connectivity index (χ0) is 11.5. The molecule has 16 heavy (non-hydrogen) atoms. The van der Waals surface area contributed by atoms with Crippen molar-refractivity contribution in [2.75, 3.05) is 25.1 Å². The van der Waals surface area contributed by atoms with E-state index in [9.17, 15) is 4.79 Å². The van der Waals surface area contributed by atoms with Crippen LogP contribution in [-0.4, -0.2) is 26.2 Å². The minimum atomic E-state index is -0.0386. The number of hydrogen-bond donors (Lipinski definition) is 1. The number of benzene rings is 1. The van der Waals surface area contributed by atoms with Gasteiger partial charge in [-0.2, -0.15) is 0 Å². The largest absolute Gasteiger partial charge is 0.496 e. The van der Waals surface area contributed by atoms with Crippen LogP contribution in [0.3, 0.4) is 0 Å². The summed E-state index contributed by atoms with van der Waals surface area (Å²) in [5, 5.41) is 2.82. The molecule has 86 valence electrons. The Labute approximate surface area is 103 Å². The predicted molar refractivity (Wildman–Crippen MR) is 66.1 cm³/mol. The predicted octanol–water partition coefficient (Wildman–Crippen LogP) is 2.38. The van der Waals surface area contributed by atoms with Crippen molar-refractivity contribution in [3.63, 3.8) is 0 Å². The van der Waals surface area contributed by atoms with Crippen LogP contribution < -0.4 is 15.0 Å². The van der Waals surface area contributed by atoms with Crippen molar-refractivity contribution in [1.29, 1.82) is 0 Å². The van der Waals surface area contributed by atoms with Gasteiger partial charge in [0, 0.05) is 18.8 Å². The summed E-state index contributed by atoms with van der Waals surface area (Å²) in [6.07, 6.45) is 0.968. The second kappa shape index (κ2) is 4.74. The number of nitrogens with zero attached hydrogens (tertiary/aromatic N) is 1. The summed E-state index contributed by atoms with van der Waals surface area (Å²) in [5.41, 5.74) is 0.880. The van der Waals surface area contributed by atoms with Crippen molar-refractivity contribution in [3.05, 3.63) is 22.7 Å². The van der Waals surface area contributed by atoms with Gasteiger partial charge in [-0.15, -0.1) is 0 Å². The van der Waals surface area contributed by atoms with Crippen LogP contribution in [0.25, 0.3) is 0 Å². The molecule has 0 atom stereocenters. The summed E-state index contributed by atoms with van der Waals surface area (Å²) < 4.78 is 6.00. The van der Waals surface area contributed by atoms with Gasteiger partial charge in [0.15, 0.2) is 0 Å². The molecule has 2 rings (SSSR count). The molecule has 1 aliphatic rings. The van der Waals surface area contributed by atoms with Gasteiger partial charge in [-0.3, -0.25) is 4.90 Å². The van der Waals surface area contributed by atoms with Crippen molar-refractivity contribution in [3.8, 4) is 5.75 Å². The lowest BCUT2D eigenvalue weighted by Crippen LogP contribution is -2.46. The molecule has 1 saturated heterocycles. The second-order valence-corrected chi connectivity index (χ2v) is 4.41. The van der Waals surface area contributed by atoms with Crippen molar-refractivity contribution in [1.82, 2.24) is 5.32 Å². The Morgan fingerprint density at radius 1 is 1.50 bits per heavy atom. The quantitative estimate of drug-likeness (QED) is 0.906. The van der Waals surface area contributed by atoms with Crippen LogP contribution in [0.5, 0.6) is 5.75 Å². The number of carbonyl (C=O) groups is 1. The van der Waals surface area contributed by atoms with Gasteiger partial charge in [-0.25, -0.2) is 4.79 Å². The molecule has 0 aliphatic carbocycles. The highest BCUT2D eigenvalue weighted by atomic mass is 79.9. The Morgan fingerprint density at radius 3 is 2.94 bits per heavy atom. The molecule has 1 fully saturated rings. The molecule has 4 nitrogen and oxygen atoms in total. The molecular weight excluding hydrogens is 272 g/mol. The van der Waals surface area contributed by atoms with E-state index in [1.54, 1.807) is 12.0 Å². The van der Waals surface area contributed by atoms with Crippen molar-refractivity contribution in [2.45, 2.75) is 6.42 Å². The summed E-state index contributed by atoms with van der Waals surface area (Å²) >= 11 is 3.41. The van der Waals surface area contributed by atoms with Gasteiger partial charge in [0.05, 0.1) is 11.6 Å². The van der Waals surface area contributed by atoms with E-state index in [2.05, 4.69) is 21.2 Å². The van der Waals surface area contributed by atoms with E-state index in [1.165, 1.54) is 0 Å². The summed E-state index contributed by atoms with van der Waals surface area (Å²) in [7, 11) is 1.62. The molecule has 1 aliphatic heterocycles. The summed E-state index contributed by atoms with van der Waals surface area (Å²) in [6.45, 7) is 1.51. The average Bonchev–Trinajstić information content (AvgIpc) is 2.29. The van der Waals surface area contributed by atoms with Crippen LogP contribution in [0.4, 0.5) is 10.5 Å². The highest BCUT2D eigenvalue weighted by Gasteiger charge is 2.19. The monoisotopic (exact) mass is 284 g/mol. The lowest BCUT2D eigenvalue weighted by atomic mass is 10.2. The molecule has 1 N–H and O–H groups in total. The molecule has 0 radical (unpaired) electrons. The Morgan fingerprint density at radius 2 is 2.31 bits per heavy atom. The van der Waals surface area contributed by atoms with Crippen molar-refractivity contribution in [2.24, 2.45) is 0 Å². The fourth-order valence-corrected chi connectivity index (χ4v) is 2.23. The topological polar surface area (TPSA) is 41.6 Å². The third kappa shape index (κ3) is 2.14. The SMILES string of the molecule is COc1ccc(N2CCCNC2=O)cc1Br.